The van der Waals surface area contributed by atoms with Crippen molar-refractivity contribution in [2.45, 2.75) is 18.6 Å². The van der Waals surface area contributed by atoms with Crippen molar-refractivity contribution in [1.29, 1.82) is 0 Å². The zero-order chi connectivity index (χ0) is 14.3. The van der Waals surface area contributed by atoms with Crippen LogP contribution in [0.25, 0.3) is 0 Å². The number of aliphatic hydroxyl groups excluding tert-OH is 1. The molecule has 20 heavy (non-hydrogen) atoms. The average Bonchev–Trinajstić information content (AvgIpc) is 2.41. The molecule has 0 fully saturated rings. The van der Waals surface area contributed by atoms with E-state index in [1.54, 1.807) is 6.07 Å². The van der Waals surface area contributed by atoms with Gasteiger partial charge in [0.15, 0.2) is 0 Å². The second-order valence-corrected chi connectivity index (χ2v) is 6.04. The Morgan fingerprint density at radius 2 is 2.05 bits per heavy atom. The highest BCUT2D eigenvalue weighted by molar-refractivity contribution is 9.10. The van der Waals surface area contributed by atoms with Gasteiger partial charge in [-0.3, -0.25) is 0 Å². The quantitative estimate of drug-likeness (QED) is 0.794. The first-order valence-electron chi connectivity index (χ1n) is 6.13. The minimum absolute atomic E-state index is 0.0561. The zero-order valence-electron chi connectivity index (χ0n) is 10.3. The van der Waals surface area contributed by atoms with Crippen LogP contribution in [0.3, 0.4) is 0 Å². The highest BCUT2D eigenvalue weighted by Crippen LogP contribution is 2.42. The number of hydrogen-bond acceptors (Lipinski definition) is 2. The molecule has 0 saturated heterocycles. The van der Waals surface area contributed by atoms with Gasteiger partial charge in [0.1, 0.15) is 17.7 Å². The van der Waals surface area contributed by atoms with E-state index in [1.807, 2.05) is 18.2 Å². The topological polar surface area (TPSA) is 29.5 Å². The Labute approximate surface area is 129 Å². The van der Waals surface area contributed by atoms with Crippen LogP contribution in [0, 0.1) is 5.82 Å². The predicted molar refractivity (Wildman–Crippen MR) is 78.5 cm³/mol. The summed E-state index contributed by atoms with van der Waals surface area (Å²) >= 11 is 9.17. The summed E-state index contributed by atoms with van der Waals surface area (Å²) in [7, 11) is 0. The molecule has 2 atom stereocenters. The molecule has 0 spiro atoms. The van der Waals surface area contributed by atoms with E-state index < -0.39 is 11.9 Å². The highest BCUT2D eigenvalue weighted by Gasteiger charge is 2.28. The number of benzene rings is 2. The van der Waals surface area contributed by atoms with Gasteiger partial charge in [0.05, 0.1) is 11.1 Å². The van der Waals surface area contributed by atoms with Gasteiger partial charge in [-0.15, -0.1) is 0 Å². The van der Waals surface area contributed by atoms with E-state index in [1.165, 1.54) is 12.1 Å². The molecule has 0 radical (unpaired) electrons. The van der Waals surface area contributed by atoms with Crippen molar-refractivity contribution in [3.8, 4) is 5.75 Å². The molecule has 2 nitrogen and oxygen atoms in total. The van der Waals surface area contributed by atoms with Crippen LogP contribution in [0.5, 0.6) is 5.75 Å². The van der Waals surface area contributed by atoms with Crippen LogP contribution in [0.2, 0.25) is 5.02 Å². The molecule has 2 aromatic rings. The molecule has 1 aliphatic rings. The molecule has 104 valence electrons. The molecule has 0 saturated carbocycles. The maximum Gasteiger partial charge on any atom is 0.141 e. The first-order valence-corrected chi connectivity index (χ1v) is 7.31. The van der Waals surface area contributed by atoms with E-state index in [-0.39, 0.29) is 11.1 Å². The first-order chi connectivity index (χ1) is 9.54. The lowest BCUT2D eigenvalue weighted by Gasteiger charge is -2.30. The molecule has 3 rings (SSSR count). The predicted octanol–water partition coefficient (Wildman–Crippen LogP) is 4.80. The monoisotopic (exact) mass is 356 g/mol. The van der Waals surface area contributed by atoms with Crippen LogP contribution in [0.15, 0.2) is 40.9 Å². The number of rotatable bonds is 1. The van der Waals surface area contributed by atoms with E-state index in [4.69, 9.17) is 16.3 Å². The smallest absolute Gasteiger partial charge is 0.141 e. The second kappa shape index (κ2) is 5.35. The maximum absolute atomic E-state index is 13.2. The fourth-order valence-corrected chi connectivity index (χ4v) is 2.86. The number of halogens is 3. The molecule has 1 unspecified atom stereocenters. The highest BCUT2D eigenvalue weighted by atomic mass is 79.9. The molecule has 1 heterocycles. The molecule has 0 aromatic heterocycles. The zero-order valence-corrected chi connectivity index (χ0v) is 12.7. The van der Waals surface area contributed by atoms with Gasteiger partial charge in [-0.2, -0.15) is 0 Å². The van der Waals surface area contributed by atoms with Crippen molar-refractivity contribution in [2.24, 2.45) is 0 Å². The van der Waals surface area contributed by atoms with Gasteiger partial charge < -0.3 is 9.84 Å². The van der Waals surface area contributed by atoms with Gasteiger partial charge in [-0.1, -0.05) is 39.7 Å². The van der Waals surface area contributed by atoms with Gasteiger partial charge in [0, 0.05) is 16.5 Å². The molecule has 5 heteroatoms. The van der Waals surface area contributed by atoms with E-state index >= 15 is 0 Å². The first kappa shape index (κ1) is 13.9. The lowest BCUT2D eigenvalue weighted by Crippen LogP contribution is -2.19. The van der Waals surface area contributed by atoms with Crippen molar-refractivity contribution in [2.75, 3.05) is 0 Å². The minimum atomic E-state index is -0.610. The third-order valence-electron chi connectivity index (χ3n) is 3.36. The fourth-order valence-electron chi connectivity index (χ4n) is 2.33. The van der Waals surface area contributed by atoms with Gasteiger partial charge in [-0.05, 0) is 29.8 Å². The Hall–Kier alpha value is -1.10. The second-order valence-electron chi connectivity index (χ2n) is 4.71. The van der Waals surface area contributed by atoms with Crippen LogP contribution >= 0.6 is 27.5 Å². The molecule has 0 amide bonds. The summed E-state index contributed by atoms with van der Waals surface area (Å²) < 4.78 is 20.0. The van der Waals surface area contributed by atoms with Crippen molar-refractivity contribution >= 4 is 27.5 Å². The van der Waals surface area contributed by atoms with Crippen molar-refractivity contribution < 1.29 is 14.2 Å². The van der Waals surface area contributed by atoms with E-state index in [0.29, 0.717) is 12.2 Å². The normalized spacial score (nSPS) is 21.2. The standard InChI is InChI=1S/C15H11BrClFO2/c16-9-2-3-10-13(19)7-14(20-15(10)6-9)8-1-4-12(18)11(17)5-8/h1-6,13-14,19H,7H2/t13-,14?/m0/s1. The van der Waals surface area contributed by atoms with Crippen LogP contribution in [-0.2, 0) is 0 Å². The number of aliphatic hydroxyl groups is 1. The Kier molecular flexibility index (Phi) is 3.71. The lowest BCUT2D eigenvalue weighted by molar-refractivity contribution is 0.0656. The Balaban J connectivity index is 1.96. The lowest BCUT2D eigenvalue weighted by atomic mass is 9.95. The Bertz CT molecular complexity index is 662. The number of ether oxygens (including phenoxy) is 1. The summed E-state index contributed by atoms with van der Waals surface area (Å²) in [5, 5.41) is 10.3. The van der Waals surface area contributed by atoms with Crippen molar-refractivity contribution in [1.82, 2.24) is 0 Å². The van der Waals surface area contributed by atoms with E-state index in [9.17, 15) is 9.50 Å². The summed E-state index contributed by atoms with van der Waals surface area (Å²) in [4.78, 5) is 0. The minimum Gasteiger partial charge on any atom is -0.485 e. The van der Waals surface area contributed by atoms with E-state index in [2.05, 4.69) is 15.9 Å². The SMILES string of the molecule is O[C@H]1CC(c2ccc(F)c(Cl)c2)Oc2cc(Br)ccc21. The molecule has 1 aliphatic heterocycles. The van der Waals surface area contributed by atoms with Crippen molar-refractivity contribution in [3.63, 3.8) is 0 Å². The molecular formula is C15H11BrClFO2. The van der Waals surface area contributed by atoms with Gasteiger partial charge >= 0.3 is 0 Å². The molecule has 0 bridgehead atoms. The van der Waals surface area contributed by atoms with Crippen LogP contribution < -0.4 is 4.74 Å². The average molecular weight is 358 g/mol. The third-order valence-corrected chi connectivity index (χ3v) is 4.14. The van der Waals surface area contributed by atoms with Crippen LogP contribution in [-0.4, -0.2) is 5.11 Å². The van der Waals surface area contributed by atoms with Gasteiger partial charge in [0.2, 0.25) is 0 Å². The Morgan fingerprint density at radius 1 is 1.25 bits per heavy atom. The van der Waals surface area contributed by atoms with Crippen molar-refractivity contribution in [3.05, 3.63) is 62.8 Å². The van der Waals surface area contributed by atoms with Gasteiger partial charge in [-0.25, -0.2) is 4.39 Å². The van der Waals surface area contributed by atoms with E-state index in [0.717, 1.165) is 15.6 Å². The summed E-state index contributed by atoms with van der Waals surface area (Å²) in [5.74, 6) is 0.165. The Morgan fingerprint density at radius 3 is 2.80 bits per heavy atom. The van der Waals surface area contributed by atoms with Gasteiger partial charge in [0.25, 0.3) is 0 Å². The van der Waals surface area contributed by atoms with Crippen LogP contribution in [0.1, 0.15) is 29.8 Å². The fraction of sp³-hybridized carbons (Fsp3) is 0.200. The van der Waals surface area contributed by atoms with Crippen LogP contribution in [0.4, 0.5) is 4.39 Å². The maximum atomic E-state index is 13.2. The molecule has 2 aromatic carbocycles. The molecule has 1 N–H and O–H groups in total. The summed E-state index contributed by atoms with van der Waals surface area (Å²) in [6, 6.07) is 9.98. The summed E-state index contributed by atoms with van der Waals surface area (Å²) in [6.45, 7) is 0. The summed E-state index contributed by atoms with van der Waals surface area (Å²) in [5.41, 5.74) is 1.51. The third kappa shape index (κ3) is 2.55. The molecular weight excluding hydrogens is 347 g/mol. The number of hydrogen-bond donors (Lipinski definition) is 1. The largest absolute Gasteiger partial charge is 0.485 e. The summed E-state index contributed by atoms with van der Waals surface area (Å²) in [6.07, 6.45) is -0.540. The molecule has 0 aliphatic carbocycles. The number of fused-ring (bicyclic) bond motifs is 1.